The number of carbonyl (C=O) groups is 4. The number of amides is 4. The van der Waals surface area contributed by atoms with E-state index in [1.165, 1.54) is 9.80 Å². The lowest BCUT2D eigenvalue weighted by molar-refractivity contribution is -0.146. The lowest BCUT2D eigenvalue weighted by Crippen LogP contribution is -2.62. The number of carbonyl (C=O) groups excluding carboxylic acids is 3. The number of fused-ring (bicyclic) bond motifs is 3. The summed E-state index contributed by atoms with van der Waals surface area (Å²) in [6.45, 7) is 13.2. The summed E-state index contributed by atoms with van der Waals surface area (Å²) >= 11 is 0. The van der Waals surface area contributed by atoms with Crippen LogP contribution in [0.1, 0.15) is 99.8 Å². The summed E-state index contributed by atoms with van der Waals surface area (Å²) in [4.78, 5) is 63.8. The third kappa shape index (κ3) is 8.19. The molecule has 0 bridgehead atoms. The van der Waals surface area contributed by atoms with Gasteiger partial charge in [0.15, 0.2) is 0 Å². The van der Waals surface area contributed by atoms with E-state index in [0.717, 1.165) is 18.2 Å². The first-order valence-electron chi connectivity index (χ1n) is 19.9. The SMILES string of the molecule is CCCOc1cnc(O[C@@H]2C[C@H]3C(=O)N[C@]4(C(=O)NS(=O)(=O)C5(C)CC5)C[C@H]4/C=C\CC[C@@H](C)C[C@@H](C)[C@H](N(C(=O)O)C(C)(C)C)C(=O)N3C2)c2ccccc12. The lowest BCUT2D eigenvalue weighted by Gasteiger charge is -2.43. The van der Waals surface area contributed by atoms with Gasteiger partial charge in [0.2, 0.25) is 27.7 Å². The second-order valence-electron chi connectivity index (χ2n) is 17.6. The minimum atomic E-state index is -4.01. The van der Waals surface area contributed by atoms with Crippen molar-refractivity contribution >= 4 is 44.6 Å². The maximum atomic E-state index is 15.1. The maximum Gasteiger partial charge on any atom is 0.408 e. The number of carboxylic acid groups (broad SMARTS) is 1. The van der Waals surface area contributed by atoms with Crippen LogP contribution < -0.4 is 19.5 Å². The third-order valence-electron chi connectivity index (χ3n) is 11.9. The van der Waals surface area contributed by atoms with Crippen LogP contribution in [0.3, 0.4) is 0 Å². The highest BCUT2D eigenvalue weighted by Crippen LogP contribution is 2.48. The van der Waals surface area contributed by atoms with Crippen LogP contribution in [0.15, 0.2) is 42.6 Å². The largest absolute Gasteiger partial charge is 0.491 e. The van der Waals surface area contributed by atoms with Gasteiger partial charge in [0.05, 0.1) is 24.1 Å². The van der Waals surface area contributed by atoms with Gasteiger partial charge in [-0.1, -0.05) is 51.1 Å². The third-order valence-corrected chi connectivity index (χ3v) is 14.0. The molecule has 0 radical (unpaired) electrons. The van der Waals surface area contributed by atoms with Crippen molar-refractivity contribution in [3.05, 3.63) is 42.6 Å². The Morgan fingerprint density at radius 3 is 2.46 bits per heavy atom. The average molecular weight is 796 g/mol. The van der Waals surface area contributed by atoms with Crippen molar-refractivity contribution < 1.29 is 42.2 Å². The monoisotopic (exact) mass is 795 g/mol. The lowest BCUT2D eigenvalue weighted by atomic mass is 9.85. The van der Waals surface area contributed by atoms with Gasteiger partial charge < -0.3 is 24.8 Å². The molecule has 1 aromatic carbocycles. The van der Waals surface area contributed by atoms with Crippen LogP contribution in [0.2, 0.25) is 0 Å². The van der Waals surface area contributed by atoms with Gasteiger partial charge in [-0.25, -0.2) is 18.2 Å². The highest BCUT2D eigenvalue weighted by atomic mass is 32.2. The van der Waals surface area contributed by atoms with Gasteiger partial charge in [0.25, 0.3) is 5.91 Å². The fourth-order valence-electron chi connectivity index (χ4n) is 8.28. The molecule has 6 rings (SSSR count). The number of ether oxygens (including phenoxy) is 2. The molecule has 2 saturated carbocycles. The molecule has 306 valence electrons. The number of nitrogens with zero attached hydrogens (tertiary/aromatic N) is 3. The average Bonchev–Trinajstić information content (AvgIpc) is 4.00. The van der Waals surface area contributed by atoms with E-state index < -0.39 is 79.7 Å². The predicted octanol–water partition coefficient (Wildman–Crippen LogP) is 5.40. The van der Waals surface area contributed by atoms with Crippen LogP contribution in [0, 0.1) is 17.8 Å². The number of hydrogen-bond donors (Lipinski definition) is 3. The summed E-state index contributed by atoms with van der Waals surface area (Å²) in [5, 5.41) is 15.0. The number of nitrogens with one attached hydrogen (secondary N) is 2. The molecule has 4 aliphatic rings. The van der Waals surface area contributed by atoms with E-state index in [0.29, 0.717) is 43.4 Å². The van der Waals surface area contributed by atoms with Crippen LogP contribution in [0.4, 0.5) is 4.79 Å². The molecule has 4 amide bonds. The smallest absolute Gasteiger partial charge is 0.408 e. The molecule has 2 aliphatic carbocycles. The topological polar surface area (TPSA) is 185 Å². The van der Waals surface area contributed by atoms with Crippen LogP contribution in [0.25, 0.3) is 10.8 Å². The highest BCUT2D eigenvalue weighted by molar-refractivity contribution is 7.91. The summed E-state index contributed by atoms with van der Waals surface area (Å²) in [5.41, 5.74) is -2.52. The van der Waals surface area contributed by atoms with E-state index in [2.05, 4.69) is 21.9 Å². The maximum absolute atomic E-state index is 15.1. The molecular weight excluding hydrogens is 739 g/mol. The van der Waals surface area contributed by atoms with Crippen molar-refractivity contribution in [2.75, 3.05) is 13.2 Å². The number of sulfonamides is 1. The van der Waals surface area contributed by atoms with E-state index in [1.807, 2.05) is 50.3 Å². The number of pyridine rings is 1. The fraction of sp³-hybridized carbons (Fsp3) is 0.634. The summed E-state index contributed by atoms with van der Waals surface area (Å²) in [6.07, 6.45) is 7.19. The molecule has 56 heavy (non-hydrogen) atoms. The second kappa shape index (κ2) is 15.5. The Kier molecular flexibility index (Phi) is 11.4. The zero-order chi connectivity index (χ0) is 40.8. The number of benzene rings is 1. The normalized spacial score (nSPS) is 29.8. The van der Waals surface area contributed by atoms with Crippen LogP contribution in [0.5, 0.6) is 11.6 Å². The van der Waals surface area contributed by atoms with Gasteiger partial charge in [0, 0.05) is 28.7 Å². The van der Waals surface area contributed by atoms with E-state index in [-0.39, 0.29) is 31.2 Å². The Hall–Kier alpha value is -4.40. The van der Waals surface area contributed by atoms with Gasteiger partial charge in [-0.3, -0.25) is 24.0 Å². The Bertz CT molecular complexity index is 1990. The summed E-state index contributed by atoms with van der Waals surface area (Å²) in [5.74, 6) is -1.91. The number of hydrogen-bond acceptors (Lipinski definition) is 9. The molecule has 2 aromatic rings. The molecule has 7 atom stereocenters. The number of allylic oxidation sites excluding steroid dienone is 1. The van der Waals surface area contributed by atoms with Gasteiger partial charge in [0.1, 0.15) is 29.5 Å². The first kappa shape index (κ1) is 41.2. The van der Waals surface area contributed by atoms with Crippen LogP contribution in [-0.2, 0) is 24.4 Å². The zero-order valence-electron chi connectivity index (χ0n) is 33.5. The first-order valence-corrected chi connectivity index (χ1v) is 21.4. The Morgan fingerprint density at radius 1 is 1.12 bits per heavy atom. The molecule has 1 saturated heterocycles. The second-order valence-corrected chi connectivity index (χ2v) is 19.7. The highest BCUT2D eigenvalue weighted by Gasteiger charge is 2.63. The Morgan fingerprint density at radius 2 is 1.82 bits per heavy atom. The van der Waals surface area contributed by atoms with Gasteiger partial charge in [-0.05, 0) is 90.5 Å². The van der Waals surface area contributed by atoms with Gasteiger partial charge in [-0.2, -0.15) is 0 Å². The zero-order valence-corrected chi connectivity index (χ0v) is 34.4. The minimum absolute atomic E-state index is 0.0103. The molecular formula is C41H57N5O9S. The van der Waals surface area contributed by atoms with Crippen molar-refractivity contribution in [1.82, 2.24) is 24.8 Å². The molecule has 2 aliphatic heterocycles. The van der Waals surface area contributed by atoms with Crippen molar-refractivity contribution in [3.8, 4) is 11.6 Å². The Balaban J connectivity index is 1.39. The van der Waals surface area contributed by atoms with Gasteiger partial charge >= 0.3 is 6.09 Å². The van der Waals surface area contributed by atoms with E-state index in [1.54, 1.807) is 33.9 Å². The van der Waals surface area contributed by atoms with Crippen molar-refractivity contribution in [3.63, 3.8) is 0 Å². The standard InChI is InChI=1S/C41H57N5O9S/c1-8-19-54-32-23-42-35(30-16-12-11-15-29(30)32)55-28-21-31-34(47)43-41(37(49)44-56(52,53)40(7)17-18-40)22-27(41)14-10-9-13-25(2)20-26(3)33(36(48)45(31)24-28)46(38(50)51)39(4,5)6/h10-12,14-16,23,25-28,31,33H,8-9,13,17-22,24H2,1-7H3,(H,43,47)(H,44,49)(H,50,51)/b14-10-/t25-,26-,27-,28-,31+,33+,41-/m1/s1. The van der Waals surface area contributed by atoms with Crippen molar-refractivity contribution in [1.29, 1.82) is 0 Å². The van der Waals surface area contributed by atoms with Crippen molar-refractivity contribution in [2.24, 2.45) is 17.8 Å². The minimum Gasteiger partial charge on any atom is -0.491 e. The van der Waals surface area contributed by atoms with Crippen LogP contribution in [-0.4, -0.2) is 99.3 Å². The fourth-order valence-corrected chi connectivity index (χ4v) is 9.60. The number of aromatic nitrogens is 1. The molecule has 0 unspecified atom stereocenters. The van der Waals surface area contributed by atoms with E-state index in [4.69, 9.17) is 9.47 Å². The molecule has 3 fully saturated rings. The number of rotatable bonds is 9. The molecule has 1 aromatic heterocycles. The summed E-state index contributed by atoms with van der Waals surface area (Å²) in [6, 6.07) is 5.17. The van der Waals surface area contributed by atoms with Crippen LogP contribution >= 0.6 is 0 Å². The summed E-state index contributed by atoms with van der Waals surface area (Å²) in [7, 11) is -4.01. The van der Waals surface area contributed by atoms with Gasteiger partial charge in [-0.15, -0.1) is 0 Å². The summed E-state index contributed by atoms with van der Waals surface area (Å²) < 4.78 is 40.1. The molecule has 15 heteroatoms. The quantitative estimate of drug-likeness (QED) is 0.278. The van der Waals surface area contributed by atoms with E-state index in [9.17, 15) is 27.9 Å². The molecule has 14 nitrogen and oxygen atoms in total. The molecule has 3 heterocycles. The molecule has 3 N–H and O–H groups in total. The predicted molar refractivity (Wildman–Crippen MR) is 210 cm³/mol. The Labute approximate surface area is 329 Å². The van der Waals surface area contributed by atoms with E-state index >= 15 is 4.79 Å². The molecule has 0 spiro atoms. The van der Waals surface area contributed by atoms with Crippen molar-refractivity contribution in [2.45, 2.75) is 134 Å². The first-order chi connectivity index (χ1) is 26.3.